The molecule has 0 saturated carbocycles. The van der Waals surface area contributed by atoms with Gasteiger partial charge in [-0.15, -0.1) is 0 Å². The highest BCUT2D eigenvalue weighted by Gasteiger charge is 2.30. The molecule has 0 fully saturated rings. The number of ether oxygens (including phenoxy) is 1. The van der Waals surface area contributed by atoms with E-state index >= 15 is 0 Å². The lowest BCUT2D eigenvalue weighted by atomic mass is 9.98. The SMILES string of the molecule is COc1ccc(C(C)=O)cc1-c1cccc(C(F)(F)F)c1. The Bertz CT molecular complexity index is 675. The summed E-state index contributed by atoms with van der Waals surface area (Å²) in [6.45, 7) is 1.40. The first-order chi connectivity index (χ1) is 9.82. The van der Waals surface area contributed by atoms with Crippen LogP contribution >= 0.6 is 0 Å². The van der Waals surface area contributed by atoms with E-state index in [-0.39, 0.29) is 5.78 Å². The number of hydrogen-bond donors (Lipinski definition) is 0. The van der Waals surface area contributed by atoms with Gasteiger partial charge in [0.15, 0.2) is 5.78 Å². The molecule has 0 aromatic heterocycles. The summed E-state index contributed by atoms with van der Waals surface area (Å²) >= 11 is 0. The van der Waals surface area contributed by atoms with Gasteiger partial charge in [-0.2, -0.15) is 13.2 Å². The van der Waals surface area contributed by atoms with Crippen molar-refractivity contribution in [3.63, 3.8) is 0 Å². The van der Waals surface area contributed by atoms with Gasteiger partial charge in [-0.3, -0.25) is 4.79 Å². The van der Waals surface area contributed by atoms with Gasteiger partial charge in [0.1, 0.15) is 5.75 Å². The van der Waals surface area contributed by atoms with Crippen LogP contribution in [0.4, 0.5) is 13.2 Å². The third kappa shape index (κ3) is 3.24. The van der Waals surface area contributed by atoms with E-state index in [2.05, 4.69) is 0 Å². The van der Waals surface area contributed by atoms with Gasteiger partial charge in [-0.05, 0) is 42.8 Å². The number of hydrogen-bond acceptors (Lipinski definition) is 2. The summed E-state index contributed by atoms with van der Waals surface area (Å²) in [7, 11) is 1.43. The number of carbonyl (C=O) groups excluding carboxylic acids is 1. The molecule has 0 N–H and O–H groups in total. The molecule has 0 heterocycles. The minimum absolute atomic E-state index is 0.161. The van der Waals surface area contributed by atoms with E-state index in [1.54, 1.807) is 18.2 Å². The predicted molar refractivity (Wildman–Crippen MR) is 73.4 cm³/mol. The summed E-state index contributed by atoms with van der Waals surface area (Å²) < 4.78 is 43.5. The van der Waals surface area contributed by atoms with Crippen molar-refractivity contribution in [2.75, 3.05) is 7.11 Å². The highest BCUT2D eigenvalue weighted by molar-refractivity contribution is 5.96. The Hall–Kier alpha value is -2.30. The normalized spacial score (nSPS) is 11.3. The minimum Gasteiger partial charge on any atom is -0.496 e. The molecule has 0 bridgehead atoms. The number of alkyl halides is 3. The predicted octanol–water partition coefficient (Wildman–Crippen LogP) is 4.58. The number of carbonyl (C=O) groups is 1. The Kier molecular flexibility index (Phi) is 4.02. The van der Waals surface area contributed by atoms with Gasteiger partial charge in [0.25, 0.3) is 0 Å². The van der Waals surface area contributed by atoms with Gasteiger partial charge in [0.2, 0.25) is 0 Å². The van der Waals surface area contributed by atoms with E-state index in [0.29, 0.717) is 22.4 Å². The van der Waals surface area contributed by atoms with Gasteiger partial charge in [-0.1, -0.05) is 12.1 Å². The summed E-state index contributed by atoms with van der Waals surface area (Å²) in [6, 6.07) is 9.63. The van der Waals surface area contributed by atoms with Gasteiger partial charge in [0, 0.05) is 11.1 Å². The number of rotatable bonds is 3. The molecule has 2 nitrogen and oxygen atoms in total. The Labute approximate surface area is 120 Å². The molecule has 0 spiro atoms. The van der Waals surface area contributed by atoms with Crippen LogP contribution in [-0.4, -0.2) is 12.9 Å². The fourth-order valence-corrected chi connectivity index (χ4v) is 2.02. The van der Waals surface area contributed by atoms with Crippen LogP contribution in [0.2, 0.25) is 0 Å². The summed E-state index contributed by atoms with van der Waals surface area (Å²) in [5.41, 5.74) is 0.486. The molecule has 0 aliphatic heterocycles. The smallest absolute Gasteiger partial charge is 0.416 e. The second kappa shape index (κ2) is 5.60. The minimum atomic E-state index is -4.42. The van der Waals surface area contributed by atoms with Crippen LogP contribution in [0.1, 0.15) is 22.8 Å². The summed E-state index contributed by atoms with van der Waals surface area (Å²) in [6.07, 6.45) is -4.42. The van der Waals surface area contributed by atoms with E-state index in [4.69, 9.17) is 4.74 Å². The molecular weight excluding hydrogens is 281 g/mol. The van der Waals surface area contributed by atoms with Crippen molar-refractivity contribution in [3.8, 4) is 16.9 Å². The van der Waals surface area contributed by atoms with Crippen LogP contribution in [0, 0.1) is 0 Å². The van der Waals surface area contributed by atoms with Crippen molar-refractivity contribution >= 4 is 5.78 Å². The lowest BCUT2D eigenvalue weighted by Crippen LogP contribution is -2.04. The highest BCUT2D eigenvalue weighted by atomic mass is 19.4. The fraction of sp³-hybridized carbons (Fsp3) is 0.188. The monoisotopic (exact) mass is 294 g/mol. The maximum atomic E-state index is 12.8. The van der Waals surface area contributed by atoms with Crippen LogP contribution in [0.5, 0.6) is 5.75 Å². The fourth-order valence-electron chi connectivity index (χ4n) is 2.02. The molecular formula is C16H13F3O2. The van der Waals surface area contributed by atoms with Crippen molar-refractivity contribution in [2.24, 2.45) is 0 Å². The van der Waals surface area contributed by atoms with Crippen molar-refractivity contribution in [2.45, 2.75) is 13.1 Å². The molecule has 21 heavy (non-hydrogen) atoms. The third-order valence-electron chi connectivity index (χ3n) is 3.11. The van der Waals surface area contributed by atoms with Crippen molar-refractivity contribution in [1.29, 1.82) is 0 Å². The van der Waals surface area contributed by atoms with Crippen LogP contribution in [0.25, 0.3) is 11.1 Å². The zero-order chi connectivity index (χ0) is 15.6. The van der Waals surface area contributed by atoms with Crippen molar-refractivity contribution < 1.29 is 22.7 Å². The zero-order valence-corrected chi connectivity index (χ0v) is 11.5. The zero-order valence-electron chi connectivity index (χ0n) is 11.5. The summed E-state index contributed by atoms with van der Waals surface area (Å²) in [5, 5.41) is 0. The highest BCUT2D eigenvalue weighted by Crippen LogP contribution is 2.35. The average molecular weight is 294 g/mol. The summed E-state index contributed by atoms with van der Waals surface area (Å²) in [5.74, 6) is 0.255. The second-order valence-corrected chi connectivity index (χ2v) is 4.55. The number of Topliss-reactive ketones (excluding diaryl/α,β-unsaturated/α-hetero) is 1. The van der Waals surface area contributed by atoms with Crippen LogP contribution in [0.3, 0.4) is 0 Å². The van der Waals surface area contributed by atoms with E-state index in [1.165, 1.54) is 26.2 Å². The molecule has 0 atom stereocenters. The lowest BCUT2D eigenvalue weighted by molar-refractivity contribution is -0.137. The summed E-state index contributed by atoms with van der Waals surface area (Å²) in [4.78, 5) is 11.4. The van der Waals surface area contributed by atoms with Crippen LogP contribution in [-0.2, 0) is 6.18 Å². The van der Waals surface area contributed by atoms with E-state index in [1.807, 2.05) is 0 Å². The molecule has 110 valence electrons. The van der Waals surface area contributed by atoms with E-state index in [0.717, 1.165) is 12.1 Å². The van der Waals surface area contributed by atoms with Crippen LogP contribution < -0.4 is 4.74 Å². The first kappa shape index (κ1) is 15.1. The Morgan fingerprint density at radius 3 is 2.38 bits per heavy atom. The number of ketones is 1. The van der Waals surface area contributed by atoms with Gasteiger partial charge >= 0.3 is 6.18 Å². The maximum Gasteiger partial charge on any atom is 0.416 e. The van der Waals surface area contributed by atoms with Gasteiger partial charge in [0.05, 0.1) is 12.7 Å². The van der Waals surface area contributed by atoms with Crippen LogP contribution in [0.15, 0.2) is 42.5 Å². The maximum absolute atomic E-state index is 12.8. The number of benzene rings is 2. The van der Waals surface area contributed by atoms with E-state index < -0.39 is 11.7 Å². The Balaban J connectivity index is 2.60. The van der Waals surface area contributed by atoms with Crippen molar-refractivity contribution in [3.05, 3.63) is 53.6 Å². The third-order valence-corrected chi connectivity index (χ3v) is 3.11. The van der Waals surface area contributed by atoms with E-state index in [9.17, 15) is 18.0 Å². The molecule has 2 aromatic carbocycles. The Morgan fingerprint density at radius 1 is 1.10 bits per heavy atom. The molecule has 0 radical (unpaired) electrons. The van der Waals surface area contributed by atoms with Gasteiger partial charge in [-0.25, -0.2) is 0 Å². The molecule has 0 amide bonds. The molecule has 2 rings (SSSR count). The average Bonchev–Trinajstić information content (AvgIpc) is 2.45. The molecule has 2 aromatic rings. The molecule has 0 aliphatic rings. The quantitative estimate of drug-likeness (QED) is 0.774. The topological polar surface area (TPSA) is 26.3 Å². The standard InChI is InChI=1S/C16H13F3O2/c1-10(20)11-6-7-15(21-2)14(9-11)12-4-3-5-13(8-12)16(17,18)19/h3-9H,1-2H3. The Morgan fingerprint density at radius 2 is 1.81 bits per heavy atom. The first-order valence-corrected chi connectivity index (χ1v) is 6.19. The molecule has 0 unspecified atom stereocenters. The molecule has 0 aliphatic carbocycles. The number of methoxy groups -OCH3 is 1. The van der Waals surface area contributed by atoms with Crippen molar-refractivity contribution in [1.82, 2.24) is 0 Å². The largest absolute Gasteiger partial charge is 0.496 e. The second-order valence-electron chi connectivity index (χ2n) is 4.55. The lowest BCUT2D eigenvalue weighted by Gasteiger charge is -2.12. The molecule has 5 heteroatoms. The number of halogens is 3. The molecule has 0 saturated heterocycles. The first-order valence-electron chi connectivity index (χ1n) is 6.19. The van der Waals surface area contributed by atoms with Gasteiger partial charge < -0.3 is 4.74 Å².